The summed E-state index contributed by atoms with van der Waals surface area (Å²) in [5.74, 6) is 1.05. The minimum absolute atomic E-state index is 0.0629. The van der Waals surface area contributed by atoms with Crippen molar-refractivity contribution < 1.29 is 23.8 Å². The van der Waals surface area contributed by atoms with Gasteiger partial charge in [-0.15, -0.1) is 0 Å². The van der Waals surface area contributed by atoms with Crippen LogP contribution >= 0.6 is 0 Å². The van der Waals surface area contributed by atoms with Crippen LogP contribution in [0.2, 0.25) is 0 Å². The number of para-hydroxylation sites is 1. The van der Waals surface area contributed by atoms with E-state index in [1.165, 1.54) is 16.8 Å². The van der Waals surface area contributed by atoms with E-state index in [0.717, 1.165) is 37.9 Å². The number of likely N-dealkylation sites (tertiary alicyclic amines) is 1. The number of carbonyl (C=O) groups excluding carboxylic acids is 2. The highest BCUT2D eigenvalue weighted by Gasteiger charge is 2.42. The third-order valence-corrected chi connectivity index (χ3v) is 6.88. The van der Waals surface area contributed by atoms with Crippen LogP contribution in [0.15, 0.2) is 36.4 Å². The molecule has 1 fully saturated rings. The van der Waals surface area contributed by atoms with Gasteiger partial charge in [0.05, 0.1) is 19.2 Å². The summed E-state index contributed by atoms with van der Waals surface area (Å²) in [6.45, 7) is 7.13. The van der Waals surface area contributed by atoms with Crippen molar-refractivity contribution in [2.24, 2.45) is 0 Å². The molecule has 0 bridgehead atoms. The SMILES string of the molecule is COc1cc(C2CC(N3CCCC3=O)c3cccc4c3N2CC4)ccc1OC(=O)OC(C)(C)C. The number of hydrogen-bond acceptors (Lipinski definition) is 6. The van der Waals surface area contributed by atoms with E-state index in [0.29, 0.717) is 17.9 Å². The van der Waals surface area contributed by atoms with Crippen LogP contribution < -0.4 is 14.4 Å². The fourth-order valence-electron chi connectivity index (χ4n) is 5.51. The Kier molecular flexibility index (Phi) is 5.66. The van der Waals surface area contributed by atoms with Crippen LogP contribution in [0.4, 0.5) is 10.5 Å². The monoisotopic (exact) mass is 464 g/mol. The maximum absolute atomic E-state index is 12.7. The summed E-state index contributed by atoms with van der Waals surface area (Å²) in [6.07, 6.45) is 2.60. The molecule has 2 unspecified atom stereocenters. The molecule has 1 saturated heterocycles. The molecule has 34 heavy (non-hydrogen) atoms. The van der Waals surface area contributed by atoms with Gasteiger partial charge in [-0.1, -0.05) is 24.3 Å². The molecule has 7 heteroatoms. The molecule has 1 amide bonds. The Labute approximate surface area is 200 Å². The molecule has 5 rings (SSSR count). The number of nitrogens with zero attached hydrogens (tertiary/aromatic N) is 2. The van der Waals surface area contributed by atoms with Crippen LogP contribution in [-0.4, -0.2) is 42.8 Å². The third-order valence-electron chi connectivity index (χ3n) is 6.88. The van der Waals surface area contributed by atoms with Crippen LogP contribution in [0.3, 0.4) is 0 Å². The second kappa shape index (κ2) is 8.53. The highest BCUT2D eigenvalue weighted by molar-refractivity contribution is 5.80. The van der Waals surface area contributed by atoms with Gasteiger partial charge in [-0.25, -0.2) is 4.79 Å². The zero-order chi connectivity index (χ0) is 24.0. The van der Waals surface area contributed by atoms with Crippen molar-refractivity contribution in [1.29, 1.82) is 0 Å². The molecule has 180 valence electrons. The van der Waals surface area contributed by atoms with E-state index < -0.39 is 11.8 Å². The van der Waals surface area contributed by atoms with Gasteiger partial charge < -0.3 is 24.0 Å². The summed E-state index contributed by atoms with van der Waals surface area (Å²) >= 11 is 0. The third kappa shape index (κ3) is 4.08. The second-order valence-corrected chi connectivity index (χ2v) is 10.2. The van der Waals surface area contributed by atoms with Gasteiger partial charge in [0.25, 0.3) is 0 Å². The lowest BCUT2D eigenvalue weighted by Gasteiger charge is -2.43. The number of benzene rings is 2. The van der Waals surface area contributed by atoms with Gasteiger partial charge >= 0.3 is 6.16 Å². The number of methoxy groups -OCH3 is 1. The van der Waals surface area contributed by atoms with E-state index in [-0.39, 0.29) is 18.0 Å². The Morgan fingerprint density at radius 3 is 2.53 bits per heavy atom. The fraction of sp³-hybridized carbons (Fsp3) is 0.481. The average Bonchev–Trinajstić information content (AvgIpc) is 3.41. The van der Waals surface area contributed by atoms with E-state index >= 15 is 0 Å². The first-order valence-corrected chi connectivity index (χ1v) is 12.0. The molecular weight excluding hydrogens is 432 g/mol. The van der Waals surface area contributed by atoms with Crippen LogP contribution in [-0.2, 0) is 16.0 Å². The largest absolute Gasteiger partial charge is 0.514 e. The van der Waals surface area contributed by atoms with Crippen molar-refractivity contribution in [2.45, 2.75) is 64.1 Å². The lowest BCUT2D eigenvalue weighted by atomic mass is 9.86. The minimum atomic E-state index is -0.762. The lowest BCUT2D eigenvalue weighted by molar-refractivity contribution is -0.130. The fourth-order valence-corrected chi connectivity index (χ4v) is 5.51. The number of ether oxygens (including phenoxy) is 3. The van der Waals surface area contributed by atoms with Gasteiger partial charge in [-0.3, -0.25) is 4.79 Å². The summed E-state index contributed by atoms with van der Waals surface area (Å²) in [7, 11) is 1.57. The molecule has 0 N–H and O–H groups in total. The second-order valence-electron chi connectivity index (χ2n) is 10.2. The molecule has 0 radical (unpaired) electrons. The predicted octanol–water partition coefficient (Wildman–Crippen LogP) is 5.18. The number of amides is 1. The van der Waals surface area contributed by atoms with Crippen molar-refractivity contribution in [3.05, 3.63) is 53.1 Å². The maximum Gasteiger partial charge on any atom is 0.514 e. The lowest BCUT2D eigenvalue weighted by Crippen LogP contribution is -2.39. The zero-order valence-electron chi connectivity index (χ0n) is 20.3. The van der Waals surface area contributed by atoms with Crippen molar-refractivity contribution in [3.8, 4) is 11.5 Å². The summed E-state index contributed by atoms with van der Waals surface area (Å²) in [5, 5.41) is 0. The Bertz CT molecular complexity index is 1120. The Hall–Kier alpha value is -3.22. The van der Waals surface area contributed by atoms with E-state index in [2.05, 4.69) is 28.0 Å². The number of anilines is 1. The highest BCUT2D eigenvalue weighted by atomic mass is 16.7. The minimum Gasteiger partial charge on any atom is -0.493 e. The van der Waals surface area contributed by atoms with E-state index in [4.69, 9.17) is 14.2 Å². The quantitative estimate of drug-likeness (QED) is 0.459. The van der Waals surface area contributed by atoms with Crippen LogP contribution in [0.5, 0.6) is 11.5 Å². The van der Waals surface area contributed by atoms with Crippen molar-refractivity contribution in [3.63, 3.8) is 0 Å². The van der Waals surface area contributed by atoms with Crippen molar-refractivity contribution >= 4 is 17.7 Å². The zero-order valence-corrected chi connectivity index (χ0v) is 20.3. The molecule has 3 aliphatic rings. The first-order valence-electron chi connectivity index (χ1n) is 12.0. The van der Waals surface area contributed by atoms with Gasteiger partial charge in [0.15, 0.2) is 11.5 Å². The van der Waals surface area contributed by atoms with Gasteiger partial charge in [-0.05, 0) is 68.9 Å². The van der Waals surface area contributed by atoms with E-state index in [9.17, 15) is 9.59 Å². The molecule has 3 aliphatic heterocycles. The topological polar surface area (TPSA) is 68.3 Å². The molecule has 0 spiro atoms. The Morgan fingerprint density at radius 2 is 1.82 bits per heavy atom. The number of hydrogen-bond donors (Lipinski definition) is 0. The summed E-state index contributed by atoms with van der Waals surface area (Å²) in [5.41, 5.74) is 4.31. The summed E-state index contributed by atoms with van der Waals surface area (Å²) in [6, 6.07) is 12.4. The van der Waals surface area contributed by atoms with Crippen molar-refractivity contribution in [2.75, 3.05) is 25.1 Å². The smallest absolute Gasteiger partial charge is 0.493 e. The number of carbonyl (C=O) groups is 2. The van der Waals surface area contributed by atoms with E-state index in [1.807, 2.05) is 12.1 Å². The number of rotatable bonds is 4. The Balaban J connectivity index is 1.47. The average molecular weight is 465 g/mol. The van der Waals surface area contributed by atoms with Gasteiger partial charge in [-0.2, -0.15) is 0 Å². The van der Waals surface area contributed by atoms with Crippen LogP contribution in [0.1, 0.15) is 68.8 Å². The van der Waals surface area contributed by atoms with Gasteiger partial charge in [0.2, 0.25) is 5.91 Å². The van der Waals surface area contributed by atoms with Gasteiger partial charge in [0.1, 0.15) is 5.60 Å². The molecular formula is C27H32N2O5. The van der Waals surface area contributed by atoms with Crippen molar-refractivity contribution in [1.82, 2.24) is 4.90 Å². The molecule has 3 heterocycles. The standard InChI is InChI=1S/C27H32N2O5/c1-27(2,3)34-26(31)33-22-11-10-18(15-23(22)32-4)20-16-21(28-13-6-9-24(28)30)19-8-5-7-17-12-14-29(20)25(17)19/h5,7-8,10-11,15,20-21H,6,9,12-14,16H2,1-4H3. The predicted molar refractivity (Wildman–Crippen MR) is 128 cm³/mol. The molecule has 2 aromatic rings. The first-order chi connectivity index (χ1) is 16.2. The highest BCUT2D eigenvalue weighted by Crippen LogP contribution is 2.51. The van der Waals surface area contributed by atoms with E-state index in [1.54, 1.807) is 33.9 Å². The summed E-state index contributed by atoms with van der Waals surface area (Å²) < 4.78 is 16.3. The molecule has 2 aromatic carbocycles. The normalized spacial score (nSPS) is 21.5. The molecule has 7 nitrogen and oxygen atoms in total. The summed E-state index contributed by atoms with van der Waals surface area (Å²) in [4.78, 5) is 29.4. The van der Waals surface area contributed by atoms with Gasteiger partial charge in [0, 0.05) is 25.2 Å². The first kappa shape index (κ1) is 22.6. The molecule has 0 saturated carbocycles. The van der Waals surface area contributed by atoms with Crippen LogP contribution in [0.25, 0.3) is 0 Å². The van der Waals surface area contributed by atoms with Crippen LogP contribution in [0, 0.1) is 0 Å². The maximum atomic E-state index is 12.7. The molecule has 0 aromatic heterocycles. The molecule has 2 atom stereocenters. The molecule has 0 aliphatic carbocycles. The Morgan fingerprint density at radius 1 is 1.00 bits per heavy atom.